The molecule has 1 unspecified atom stereocenters. The van der Waals surface area contributed by atoms with E-state index in [1.165, 1.54) is 4.31 Å². The molecule has 1 aliphatic rings. The zero-order valence-corrected chi connectivity index (χ0v) is 12.2. The first-order chi connectivity index (χ1) is 8.36. The molecule has 106 valence electrons. The molecule has 1 fully saturated rings. The van der Waals surface area contributed by atoms with Gasteiger partial charge in [0, 0.05) is 11.9 Å². The average molecular weight is 297 g/mol. The minimum Gasteiger partial charge on any atom is -0.369 e. The third-order valence-electron chi connectivity index (χ3n) is 3.16. The highest BCUT2D eigenvalue weighted by Gasteiger charge is 2.33. The Balaban J connectivity index is 2.83. The van der Waals surface area contributed by atoms with Crippen LogP contribution < -0.4 is 5.73 Å². The molecule has 1 saturated carbocycles. The average Bonchev–Trinajstić information content (AvgIpc) is 2.77. The normalized spacial score (nSPS) is 19.3. The number of rotatable bonds is 7. The van der Waals surface area contributed by atoms with E-state index in [1.807, 2.05) is 0 Å². The first-order valence-electron chi connectivity index (χ1n) is 6.20. The van der Waals surface area contributed by atoms with E-state index in [2.05, 4.69) is 0 Å². The van der Waals surface area contributed by atoms with Gasteiger partial charge in [0.25, 0.3) is 0 Å². The van der Waals surface area contributed by atoms with Crippen LogP contribution in [0, 0.1) is 5.92 Å². The Morgan fingerprint density at radius 2 is 2.00 bits per heavy atom. The van der Waals surface area contributed by atoms with Crippen molar-refractivity contribution in [1.82, 2.24) is 4.31 Å². The second-order valence-corrected chi connectivity index (χ2v) is 7.26. The minimum absolute atomic E-state index is 0.0275. The van der Waals surface area contributed by atoms with Gasteiger partial charge in [-0.15, -0.1) is 11.6 Å². The van der Waals surface area contributed by atoms with E-state index in [4.69, 9.17) is 17.3 Å². The molecule has 0 aromatic heterocycles. The SMILES string of the molecule is CC(CCl)CS(=O)(=O)N(CC(N)=O)C1CCCC1. The molecule has 0 radical (unpaired) electrons. The Kier molecular flexibility index (Phi) is 5.88. The van der Waals surface area contributed by atoms with Crippen molar-refractivity contribution >= 4 is 27.5 Å². The third kappa shape index (κ3) is 4.40. The first kappa shape index (κ1) is 15.7. The smallest absolute Gasteiger partial charge is 0.232 e. The predicted molar refractivity (Wildman–Crippen MR) is 71.8 cm³/mol. The molecule has 0 spiro atoms. The van der Waals surface area contributed by atoms with Crippen LogP contribution in [-0.2, 0) is 14.8 Å². The summed E-state index contributed by atoms with van der Waals surface area (Å²) >= 11 is 5.65. The van der Waals surface area contributed by atoms with Crippen LogP contribution in [0.25, 0.3) is 0 Å². The number of carbonyl (C=O) groups is 1. The number of nitrogens with two attached hydrogens (primary N) is 1. The van der Waals surface area contributed by atoms with Crippen molar-refractivity contribution in [2.24, 2.45) is 11.7 Å². The quantitative estimate of drug-likeness (QED) is 0.709. The highest BCUT2D eigenvalue weighted by atomic mass is 35.5. The zero-order chi connectivity index (χ0) is 13.8. The fourth-order valence-corrected chi connectivity index (χ4v) is 4.56. The van der Waals surface area contributed by atoms with E-state index in [0.29, 0.717) is 0 Å². The largest absolute Gasteiger partial charge is 0.369 e. The van der Waals surface area contributed by atoms with E-state index in [1.54, 1.807) is 6.92 Å². The van der Waals surface area contributed by atoms with Gasteiger partial charge in [0.2, 0.25) is 15.9 Å². The monoisotopic (exact) mass is 296 g/mol. The van der Waals surface area contributed by atoms with Gasteiger partial charge in [-0.25, -0.2) is 8.42 Å². The lowest BCUT2D eigenvalue weighted by Crippen LogP contribution is -2.45. The Morgan fingerprint density at radius 3 is 2.44 bits per heavy atom. The second kappa shape index (κ2) is 6.73. The van der Waals surface area contributed by atoms with E-state index >= 15 is 0 Å². The van der Waals surface area contributed by atoms with Gasteiger partial charge in [-0.3, -0.25) is 4.79 Å². The molecule has 0 heterocycles. The van der Waals surface area contributed by atoms with Crippen LogP contribution in [0.5, 0.6) is 0 Å². The summed E-state index contributed by atoms with van der Waals surface area (Å²) in [6.07, 6.45) is 3.62. The second-order valence-electron chi connectivity index (χ2n) is 4.99. The van der Waals surface area contributed by atoms with Crippen LogP contribution in [-0.4, -0.2) is 42.8 Å². The molecule has 7 heteroatoms. The standard InChI is InChI=1S/C11H21ClN2O3S/c1-9(6-12)8-18(16,17)14(7-11(13)15)10-4-2-3-5-10/h9-10H,2-8H2,1H3,(H2,13,15). The maximum atomic E-state index is 12.3. The van der Waals surface area contributed by atoms with Crippen LogP contribution in [0.2, 0.25) is 0 Å². The fourth-order valence-electron chi connectivity index (χ4n) is 2.30. The molecule has 0 bridgehead atoms. The van der Waals surface area contributed by atoms with Gasteiger partial charge in [-0.05, 0) is 18.8 Å². The molecule has 1 amide bonds. The first-order valence-corrected chi connectivity index (χ1v) is 8.35. The predicted octanol–water partition coefficient (Wildman–Crippen LogP) is 0.921. The minimum atomic E-state index is -3.46. The number of sulfonamides is 1. The zero-order valence-electron chi connectivity index (χ0n) is 10.6. The van der Waals surface area contributed by atoms with Gasteiger partial charge in [-0.1, -0.05) is 19.8 Å². The van der Waals surface area contributed by atoms with Crippen molar-refractivity contribution in [3.8, 4) is 0 Å². The maximum absolute atomic E-state index is 12.3. The molecule has 0 aromatic rings. The van der Waals surface area contributed by atoms with Gasteiger partial charge in [0.05, 0.1) is 12.3 Å². The van der Waals surface area contributed by atoms with Crippen LogP contribution in [0.1, 0.15) is 32.6 Å². The van der Waals surface area contributed by atoms with Crippen LogP contribution >= 0.6 is 11.6 Å². The highest BCUT2D eigenvalue weighted by Crippen LogP contribution is 2.26. The van der Waals surface area contributed by atoms with E-state index < -0.39 is 15.9 Å². The lowest BCUT2D eigenvalue weighted by atomic mass is 10.2. The molecule has 2 N–H and O–H groups in total. The van der Waals surface area contributed by atoms with Crippen molar-refractivity contribution < 1.29 is 13.2 Å². The Hall–Kier alpha value is -0.330. The Labute approximate surface area is 114 Å². The molecule has 0 aromatic carbocycles. The lowest BCUT2D eigenvalue weighted by molar-refractivity contribution is -0.118. The van der Waals surface area contributed by atoms with Crippen LogP contribution in [0.15, 0.2) is 0 Å². The number of primary amides is 1. The molecule has 0 saturated heterocycles. The van der Waals surface area contributed by atoms with Gasteiger partial charge in [-0.2, -0.15) is 4.31 Å². The summed E-state index contributed by atoms with van der Waals surface area (Å²) in [6, 6.07) is -0.0787. The maximum Gasteiger partial charge on any atom is 0.232 e. The number of carbonyl (C=O) groups excluding carboxylic acids is 1. The Morgan fingerprint density at radius 1 is 1.44 bits per heavy atom. The van der Waals surface area contributed by atoms with Crippen molar-refractivity contribution in [2.45, 2.75) is 38.6 Å². The molecular formula is C11H21ClN2O3S. The fraction of sp³-hybridized carbons (Fsp3) is 0.909. The number of amides is 1. The number of halogens is 1. The molecule has 1 atom stereocenters. The summed E-state index contributed by atoms with van der Waals surface area (Å²) < 4.78 is 25.8. The summed E-state index contributed by atoms with van der Waals surface area (Å²) in [6.45, 7) is 1.56. The molecular weight excluding hydrogens is 276 g/mol. The van der Waals surface area contributed by atoms with Crippen molar-refractivity contribution in [3.05, 3.63) is 0 Å². The van der Waals surface area contributed by atoms with Gasteiger partial charge < -0.3 is 5.73 Å². The van der Waals surface area contributed by atoms with Gasteiger partial charge in [0.15, 0.2) is 0 Å². The molecule has 5 nitrogen and oxygen atoms in total. The van der Waals surface area contributed by atoms with E-state index in [-0.39, 0.29) is 30.1 Å². The number of hydrogen-bond donors (Lipinski definition) is 1. The Bertz CT molecular complexity index is 380. The van der Waals surface area contributed by atoms with E-state index in [9.17, 15) is 13.2 Å². The van der Waals surface area contributed by atoms with Crippen molar-refractivity contribution in [3.63, 3.8) is 0 Å². The van der Waals surface area contributed by atoms with Crippen molar-refractivity contribution in [1.29, 1.82) is 0 Å². The summed E-state index contributed by atoms with van der Waals surface area (Å²) in [5.41, 5.74) is 5.15. The summed E-state index contributed by atoms with van der Waals surface area (Å²) in [4.78, 5) is 11.1. The van der Waals surface area contributed by atoms with Gasteiger partial charge >= 0.3 is 0 Å². The van der Waals surface area contributed by atoms with Gasteiger partial charge in [0.1, 0.15) is 0 Å². The summed E-state index contributed by atoms with van der Waals surface area (Å²) in [5.74, 6) is -0.480. The summed E-state index contributed by atoms with van der Waals surface area (Å²) in [7, 11) is -3.46. The molecule has 18 heavy (non-hydrogen) atoms. The lowest BCUT2D eigenvalue weighted by Gasteiger charge is -2.27. The van der Waals surface area contributed by atoms with Crippen LogP contribution in [0.4, 0.5) is 0 Å². The topological polar surface area (TPSA) is 80.5 Å². The van der Waals surface area contributed by atoms with E-state index in [0.717, 1.165) is 25.7 Å². The number of hydrogen-bond acceptors (Lipinski definition) is 3. The number of nitrogens with zero attached hydrogens (tertiary/aromatic N) is 1. The number of alkyl halides is 1. The van der Waals surface area contributed by atoms with Crippen molar-refractivity contribution in [2.75, 3.05) is 18.2 Å². The van der Waals surface area contributed by atoms with Crippen LogP contribution in [0.3, 0.4) is 0 Å². The molecule has 1 rings (SSSR count). The molecule has 0 aliphatic heterocycles. The summed E-state index contributed by atoms with van der Waals surface area (Å²) in [5, 5.41) is 0. The highest BCUT2D eigenvalue weighted by molar-refractivity contribution is 7.89. The molecule has 1 aliphatic carbocycles. The third-order valence-corrected chi connectivity index (χ3v) is 5.82.